The first-order valence-corrected chi connectivity index (χ1v) is 2.71. The molecule has 0 aliphatic heterocycles. The smallest absolute Gasteiger partial charge is 0.152 e. The van der Waals surface area contributed by atoms with Crippen molar-refractivity contribution in [2.24, 2.45) is 7.05 Å². The van der Waals surface area contributed by atoms with E-state index in [1.165, 1.54) is 10.7 Å². The van der Waals surface area contributed by atoms with Crippen LogP contribution in [0.4, 0.5) is 0 Å². The van der Waals surface area contributed by atoms with Gasteiger partial charge in [0.15, 0.2) is 5.15 Å². The Hall–Kier alpha value is -1.01. The fraction of sp³-hybridized carbons (Fsp3) is 0.200. The molecule has 0 spiro atoms. The number of hydrogen-bond donors (Lipinski definition) is 0. The molecule has 0 unspecified atom stereocenters. The third kappa shape index (κ3) is 1.03. The fourth-order valence-electron chi connectivity index (χ4n) is 0.537. The van der Waals surface area contributed by atoms with Crippen LogP contribution in [0.3, 0.4) is 0 Å². The molecule has 1 aromatic heterocycles. The van der Waals surface area contributed by atoms with E-state index in [1.807, 2.05) is 6.07 Å². The lowest BCUT2D eigenvalue weighted by atomic mass is 10.5. The Morgan fingerprint density at radius 1 is 1.89 bits per heavy atom. The lowest BCUT2D eigenvalue weighted by Gasteiger charge is -1.84. The maximum atomic E-state index is 8.36. The molecule has 0 fully saturated rings. The van der Waals surface area contributed by atoms with Crippen LogP contribution < -0.4 is 0 Å². The Morgan fingerprint density at radius 2 is 2.56 bits per heavy atom. The molecule has 1 rings (SSSR count). The monoisotopic (exact) mass is 141 g/mol. The minimum absolute atomic E-state index is 0.356. The number of rotatable bonds is 0. The lowest BCUT2D eigenvalue weighted by molar-refractivity contribution is 0.756. The van der Waals surface area contributed by atoms with Crippen LogP contribution in [0.15, 0.2) is 6.07 Å². The first-order chi connectivity index (χ1) is 4.24. The van der Waals surface area contributed by atoms with E-state index in [1.54, 1.807) is 7.05 Å². The Balaban J connectivity index is 3.20. The number of hydrogen-bond acceptors (Lipinski definition) is 2. The maximum absolute atomic E-state index is 8.36. The summed E-state index contributed by atoms with van der Waals surface area (Å²) >= 11 is 5.46. The average molecular weight is 142 g/mol. The minimum Gasteiger partial charge on any atom is -0.256 e. The van der Waals surface area contributed by atoms with Crippen LogP contribution >= 0.6 is 11.6 Å². The molecule has 4 heteroatoms. The molecule has 46 valence electrons. The van der Waals surface area contributed by atoms with Crippen molar-refractivity contribution >= 4 is 11.6 Å². The molecule has 9 heavy (non-hydrogen) atoms. The largest absolute Gasteiger partial charge is 0.256 e. The number of aryl methyl sites for hydroxylation is 1. The molecule has 0 bridgehead atoms. The van der Waals surface area contributed by atoms with Gasteiger partial charge in [0.2, 0.25) is 0 Å². The van der Waals surface area contributed by atoms with Crippen molar-refractivity contribution < 1.29 is 0 Å². The molecule has 3 nitrogen and oxygen atoms in total. The topological polar surface area (TPSA) is 41.6 Å². The number of nitriles is 1. The maximum Gasteiger partial charge on any atom is 0.152 e. The average Bonchev–Trinajstić information content (AvgIpc) is 2.10. The molecule has 0 aromatic carbocycles. The highest BCUT2D eigenvalue weighted by Gasteiger charge is 1.98. The summed E-state index contributed by atoms with van der Waals surface area (Å²) in [5, 5.41) is 12.5. The van der Waals surface area contributed by atoms with Gasteiger partial charge in [0.05, 0.1) is 0 Å². The van der Waals surface area contributed by atoms with Gasteiger partial charge in [-0.3, -0.25) is 4.68 Å². The molecule has 0 radical (unpaired) electrons. The van der Waals surface area contributed by atoms with E-state index in [2.05, 4.69) is 5.10 Å². The van der Waals surface area contributed by atoms with E-state index < -0.39 is 0 Å². The number of halogens is 1. The summed E-state index contributed by atoms with van der Waals surface area (Å²) in [6.45, 7) is 0. The van der Waals surface area contributed by atoms with Gasteiger partial charge >= 0.3 is 0 Å². The number of aromatic nitrogens is 2. The van der Waals surface area contributed by atoms with E-state index in [0.29, 0.717) is 10.8 Å². The highest BCUT2D eigenvalue weighted by atomic mass is 35.5. The Kier molecular flexibility index (Phi) is 1.41. The van der Waals surface area contributed by atoms with Gasteiger partial charge in [0.25, 0.3) is 0 Å². The van der Waals surface area contributed by atoms with Gasteiger partial charge in [-0.15, -0.1) is 0 Å². The zero-order valence-corrected chi connectivity index (χ0v) is 5.55. The van der Waals surface area contributed by atoms with Crippen molar-refractivity contribution in [3.05, 3.63) is 16.9 Å². The highest BCUT2D eigenvalue weighted by molar-refractivity contribution is 6.29. The van der Waals surface area contributed by atoms with Gasteiger partial charge in [0.1, 0.15) is 11.8 Å². The van der Waals surface area contributed by atoms with E-state index in [9.17, 15) is 0 Å². The number of nitrogens with zero attached hydrogens (tertiary/aromatic N) is 3. The second kappa shape index (κ2) is 2.08. The molecule has 0 saturated heterocycles. The SMILES string of the molecule is Cn1nc(Cl)cc1C#N. The van der Waals surface area contributed by atoms with E-state index in [0.717, 1.165) is 0 Å². The second-order valence-electron chi connectivity index (χ2n) is 1.59. The van der Waals surface area contributed by atoms with E-state index in [-0.39, 0.29) is 0 Å². The third-order valence-electron chi connectivity index (χ3n) is 0.965. The fourth-order valence-corrected chi connectivity index (χ4v) is 0.754. The quantitative estimate of drug-likeness (QED) is 0.540. The summed E-state index contributed by atoms with van der Waals surface area (Å²) in [5.74, 6) is 0. The van der Waals surface area contributed by atoms with Crippen molar-refractivity contribution in [2.45, 2.75) is 0 Å². The summed E-state index contributed by atoms with van der Waals surface area (Å²) < 4.78 is 1.43. The molecule has 0 aliphatic rings. The van der Waals surface area contributed by atoms with Gasteiger partial charge in [-0.05, 0) is 0 Å². The van der Waals surface area contributed by atoms with Crippen LogP contribution in [0, 0.1) is 11.3 Å². The predicted molar refractivity (Wildman–Crippen MR) is 32.9 cm³/mol. The Labute approximate surface area is 57.5 Å². The van der Waals surface area contributed by atoms with Gasteiger partial charge in [-0.1, -0.05) is 11.6 Å². The molecule has 0 aliphatic carbocycles. The summed E-state index contributed by atoms with van der Waals surface area (Å²) in [5.41, 5.74) is 0.472. The van der Waals surface area contributed by atoms with Crippen LogP contribution in [0.2, 0.25) is 5.15 Å². The van der Waals surface area contributed by atoms with Gasteiger partial charge in [0, 0.05) is 13.1 Å². The summed E-state index contributed by atoms with van der Waals surface area (Å²) in [7, 11) is 1.67. The molecule has 1 heterocycles. The van der Waals surface area contributed by atoms with Crippen molar-refractivity contribution in [1.29, 1.82) is 5.26 Å². The predicted octanol–water partition coefficient (Wildman–Crippen LogP) is 0.945. The Bertz CT molecular complexity index is 258. The van der Waals surface area contributed by atoms with Crippen LogP contribution in [0.1, 0.15) is 5.69 Å². The summed E-state index contributed by atoms with van der Waals surface area (Å²) in [4.78, 5) is 0. The normalized spacial score (nSPS) is 9.00. The highest BCUT2D eigenvalue weighted by Crippen LogP contribution is 2.05. The van der Waals surface area contributed by atoms with Crippen LogP contribution in [-0.4, -0.2) is 9.78 Å². The van der Waals surface area contributed by atoms with Crippen LogP contribution in [0.5, 0.6) is 0 Å². The van der Waals surface area contributed by atoms with Crippen LogP contribution in [0.25, 0.3) is 0 Å². The Morgan fingerprint density at radius 3 is 2.78 bits per heavy atom. The van der Waals surface area contributed by atoms with Gasteiger partial charge in [-0.2, -0.15) is 10.4 Å². The van der Waals surface area contributed by atoms with Crippen molar-refractivity contribution in [1.82, 2.24) is 9.78 Å². The first-order valence-electron chi connectivity index (χ1n) is 2.33. The molecular weight excluding hydrogens is 138 g/mol. The third-order valence-corrected chi connectivity index (χ3v) is 1.15. The molecule has 1 aromatic rings. The zero-order chi connectivity index (χ0) is 6.85. The summed E-state index contributed by atoms with van der Waals surface area (Å²) in [6.07, 6.45) is 0. The standard InChI is InChI=1S/C5H4ClN3/c1-9-4(3-7)2-5(6)8-9/h2H,1H3. The van der Waals surface area contributed by atoms with Crippen LogP contribution in [-0.2, 0) is 7.05 Å². The first kappa shape index (κ1) is 6.12. The van der Waals surface area contributed by atoms with Crippen molar-refractivity contribution in [3.8, 4) is 6.07 Å². The summed E-state index contributed by atoms with van der Waals surface area (Å²) in [6, 6.07) is 3.45. The van der Waals surface area contributed by atoms with E-state index in [4.69, 9.17) is 16.9 Å². The van der Waals surface area contributed by atoms with E-state index >= 15 is 0 Å². The molecular formula is C5H4ClN3. The zero-order valence-electron chi connectivity index (χ0n) is 4.80. The molecule has 0 N–H and O–H groups in total. The molecule has 0 saturated carbocycles. The van der Waals surface area contributed by atoms with Gasteiger partial charge < -0.3 is 0 Å². The second-order valence-corrected chi connectivity index (χ2v) is 1.97. The van der Waals surface area contributed by atoms with Crippen molar-refractivity contribution in [2.75, 3.05) is 0 Å². The minimum atomic E-state index is 0.356. The van der Waals surface area contributed by atoms with Crippen molar-refractivity contribution in [3.63, 3.8) is 0 Å². The molecule has 0 atom stereocenters. The van der Waals surface area contributed by atoms with Gasteiger partial charge in [-0.25, -0.2) is 0 Å². The lowest BCUT2D eigenvalue weighted by Crippen LogP contribution is -1.92. The molecule has 0 amide bonds.